The van der Waals surface area contributed by atoms with Crippen molar-refractivity contribution in [1.82, 2.24) is 15.1 Å². The third-order valence-electron chi connectivity index (χ3n) is 3.05. The molecule has 7 heteroatoms. The monoisotopic (exact) mass is 283 g/mol. The molecule has 20 heavy (non-hydrogen) atoms. The van der Waals surface area contributed by atoms with Crippen molar-refractivity contribution in [3.8, 4) is 0 Å². The first kappa shape index (κ1) is 16.2. The van der Waals surface area contributed by atoms with Crippen LogP contribution in [0.3, 0.4) is 0 Å². The molecule has 0 bridgehead atoms. The van der Waals surface area contributed by atoms with Crippen LogP contribution in [0.5, 0.6) is 0 Å². The van der Waals surface area contributed by atoms with Crippen LogP contribution in [0.4, 0.5) is 0 Å². The lowest BCUT2D eigenvalue weighted by atomic mass is 10.2. The molecule has 0 aromatic carbocycles. The van der Waals surface area contributed by atoms with Crippen LogP contribution in [0.1, 0.15) is 35.1 Å². The molecule has 0 saturated carbocycles. The van der Waals surface area contributed by atoms with Crippen molar-refractivity contribution in [3.63, 3.8) is 0 Å². The van der Waals surface area contributed by atoms with Crippen LogP contribution in [0.2, 0.25) is 0 Å². The zero-order valence-electron chi connectivity index (χ0n) is 12.3. The average molecular weight is 283 g/mol. The Kier molecular flexibility index (Phi) is 5.69. The van der Waals surface area contributed by atoms with E-state index in [1.807, 2.05) is 13.8 Å². The van der Waals surface area contributed by atoms with E-state index in [-0.39, 0.29) is 12.5 Å². The quantitative estimate of drug-likeness (QED) is 0.769. The van der Waals surface area contributed by atoms with E-state index >= 15 is 0 Å². The second kappa shape index (κ2) is 7.04. The minimum Gasteiger partial charge on any atom is -0.479 e. The third-order valence-corrected chi connectivity index (χ3v) is 3.05. The van der Waals surface area contributed by atoms with Gasteiger partial charge >= 0.3 is 5.97 Å². The highest BCUT2D eigenvalue weighted by Gasteiger charge is 2.21. The molecule has 0 fully saturated rings. The van der Waals surface area contributed by atoms with Crippen molar-refractivity contribution in [3.05, 3.63) is 17.0 Å². The lowest BCUT2D eigenvalue weighted by Gasteiger charge is -2.11. The Morgan fingerprint density at radius 3 is 2.60 bits per heavy atom. The standard InChI is InChI=1S/C13H21N3O4/c1-5-6-16-9(3)11(8(2)15-16)12(17)14-7-10(20-4)13(18)19/h10H,5-7H2,1-4H3,(H,14,17)(H,18,19). The summed E-state index contributed by atoms with van der Waals surface area (Å²) in [6, 6.07) is 0. The third kappa shape index (κ3) is 3.57. The fourth-order valence-electron chi connectivity index (χ4n) is 2.00. The van der Waals surface area contributed by atoms with Crippen LogP contribution in [0.15, 0.2) is 0 Å². The van der Waals surface area contributed by atoms with Crippen molar-refractivity contribution in [2.24, 2.45) is 0 Å². The predicted molar refractivity (Wildman–Crippen MR) is 72.8 cm³/mol. The van der Waals surface area contributed by atoms with Gasteiger partial charge in [-0.25, -0.2) is 4.79 Å². The zero-order valence-corrected chi connectivity index (χ0v) is 12.3. The van der Waals surface area contributed by atoms with E-state index in [1.165, 1.54) is 7.11 Å². The minimum atomic E-state index is -1.11. The number of nitrogens with one attached hydrogen (secondary N) is 1. The Labute approximate surface area is 117 Å². The molecule has 1 unspecified atom stereocenters. The molecule has 7 nitrogen and oxygen atoms in total. The van der Waals surface area contributed by atoms with Gasteiger partial charge in [0.1, 0.15) is 0 Å². The first-order valence-electron chi connectivity index (χ1n) is 6.50. The van der Waals surface area contributed by atoms with Gasteiger partial charge < -0.3 is 15.2 Å². The van der Waals surface area contributed by atoms with Gasteiger partial charge in [-0.1, -0.05) is 6.92 Å². The van der Waals surface area contributed by atoms with Gasteiger partial charge in [0.2, 0.25) is 0 Å². The molecule has 1 heterocycles. The maximum atomic E-state index is 12.1. The number of aliphatic carboxylic acids is 1. The molecule has 0 radical (unpaired) electrons. The van der Waals surface area contributed by atoms with E-state index in [4.69, 9.17) is 9.84 Å². The van der Waals surface area contributed by atoms with Gasteiger partial charge in [-0.15, -0.1) is 0 Å². The summed E-state index contributed by atoms with van der Waals surface area (Å²) in [5.74, 6) is -1.44. The van der Waals surface area contributed by atoms with Crippen molar-refractivity contribution in [1.29, 1.82) is 0 Å². The lowest BCUT2D eigenvalue weighted by Crippen LogP contribution is -2.38. The number of amides is 1. The van der Waals surface area contributed by atoms with E-state index in [2.05, 4.69) is 10.4 Å². The molecule has 112 valence electrons. The topological polar surface area (TPSA) is 93.5 Å². The maximum Gasteiger partial charge on any atom is 0.334 e. The zero-order chi connectivity index (χ0) is 15.3. The van der Waals surface area contributed by atoms with E-state index in [0.717, 1.165) is 18.7 Å². The van der Waals surface area contributed by atoms with Crippen LogP contribution < -0.4 is 5.32 Å². The Morgan fingerprint density at radius 1 is 1.45 bits per heavy atom. The van der Waals surface area contributed by atoms with Crippen LogP contribution in [0, 0.1) is 13.8 Å². The fourth-order valence-corrected chi connectivity index (χ4v) is 2.00. The number of carboxylic acid groups (broad SMARTS) is 1. The predicted octanol–water partition coefficient (Wildman–Crippen LogP) is 0.739. The van der Waals surface area contributed by atoms with Crippen LogP contribution in [-0.2, 0) is 16.1 Å². The minimum absolute atomic E-state index is 0.0808. The highest BCUT2D eigenvalue weighted by atomic mass is 16.5. The van der Waals surface area contributed by atoms with E-state index in [0.29, 0.717) is 11.3 Å². The van der Waals surface area contributed by atoms with Crippen molar-refractivity contribution < 1.29 is 19.4 Å². The molecule has 0 aliphatic heterocycles. The molecule has 1 atom stereocenters. The van der Waals surface area contributed by atoms with Crippen molar-refractivity contribution in [2.45, 2.75) is 39.8 Å². The Balaban J connectivity index is 2.80. The van der Waals surface area contributed by atoms with Crippen molar-refractivity contribution >= 4 is 11.9 Å². The van der Waals surface area contributed by atoms with Gasteiger partial charge in [0.05, 0.1) is 17.8 Å². The van der Waals surface area contributed by atoms with Gasteiger partial charge in [-0.3, -0.25) is 9.48 Å². The molecule has 0 aliphatic carbocycles. The first-order chi connectivity index (χ1) is 9.42. The smallest absolute Gasteiger partial charge is 0.334 e. The van der Waals surface area contributed by atoms with Gasteiger partial charge in [0, 0.05) is 19.3 Å². The van der Waals surface area contributed by atoms with Gasteiger partial charge in [-0.05, 0) is 20.3 Å². The highest BCUT2D eigenvalue weighted by Crippen LogP contribution is 2.13. The number of aryl methyl sites for hydroxylation is 2. The summed E-state index contributed by atoms with van der Waals surface area (Å²) in [5.41, 5.74) is 1.92. The second-order valence-corrected chi connectivity index (χ2v) is 4.54. The summed E-state index contributed by atoms with van der Waals surface area (Å²) < 4.78 is 6.55. The number of aromatic nitrogens is 2. The molecule has 0 saturated heterocycles. The first-order valence-corrected chi connectivity index (χ1v) is 6.50. The van der Waals surface area contributed by atoms with E-state index in [1.54, 1.807) is 11.6 Å². The molecule has 1 aromatic heterocycles. The van der Waals surface area contributed by atoms with Crippen molar-refractivity contribution in [2.75, 3.05) is 13.7 Å². The number of carbonyl (C=O) groups excluding carboxylic acids is 1. The Hall–Kier alpha value is -1.89. The summed E-state index contributed by atoms with van der Waals surface area (Å²) >= 11 is 0. The molecule has 1 aromatic rings. The van der Waals surface area contributed by atoms with E-state index < -0.39 is 12.1 Å². The molecule has 1 amide bonds. The summed E-state index contributed by atoms with van der Waals surface area (Å²) in [6.07, 6.45) is -0.126. The Bertz CT molecular complexity index is 496. The largest absolute Gasteiger partial charge is 0.479 e. The number of hydrogen-bond donors (Lipinski definition) is 2. The highest BCUT2D eigenvalue weighted by molar-refractivity contribution is 5.96. The molecule has 0 aliphatic rings. The van der Waals surface area contributed by atoms with Crippen LogP contribution in [0.25, 0.3) is 0 Å². The van der Waals surface area contributed by atoms with Crippen LogP contribution in [-0.4, -0.2) is 46.5 Å². The maximum absolute atomic E-state index is 12.1. The number of ether oxygens (including phenoxy) is 1. The number of rotatable bonds is 7. The summed E-state index contributed by atoms with van der Waals surface area (Å²) in [4.78, 5) is 22.9. The molecular weight excluding hydrogens is 262 g/mol. The summed E-state index contributed by atoms with van der Waals surface area (Å²) in [7, 11) is 1.29. The van der Waals surface area contributed by atoms with E-state index in [9.17, 15) is 9.59 Å². The molecule has 2 N–H and O–H groups in total. The fraction of sp³-hybridized carbons (Fsp3) is 0.615. The number of carboxylic acids is 1. The molecular formula is C13H21N3O4. The Morgan fingerprint density at radius 2 is 2.10 bits per heavy atom. The summed E-state index contributed by atoms with van der Waals surface area (Å²) in [5, 5.41) is 15.7. The van der Waals surface area contributed by atoms with Gasteiger partial charge in [-0.2, -0.15) is 5.10 Å². The summed E-state index contributed by atoms with van der Waals surface area (Å²) in [6.45, 7) is 6.29. The SMILES string of the molecule is CCCn1nc(C)c(C(=O)NCC(OC)C(=O)O)c1C. The van der Waals surface area contributed by atoms with Gasteiger partial charge in [0.15, 0.2) is 6.10 Å². The number of carbonyl (C=O) groups is 2. The number of methoxy groups -OCH3 is 1. The number of hydrogen-bond acceptors (Lipinski definition) is 4. The molecule has 1 rings (SSSR count). The number of nitrogens with zero attached hydrogens (tertiary/aromatic N) is 2. The normalized spacial score (nSPS) is 12.2. The average Bonchev–Trinajstić information content (AvgIpc) is 2.65. The lowest BCUT2D eigenvalue weighted by molar-refractivity contribution is -0.148. The molecule has 0 spiro atoms. The van der Waals surface area contributed by atoms with Gasteiger partial charge in [0.25, 0.3) is 5.91 Å². The van der Waals surface area contributed by atoms with Crippen LogP contribution >= 0.6 is 0 Å². The second-order valence-electron chi connectivity index (χ2n) is 4.54.